The summed E-state index contributed by atoms with van der Waals surface area (Å²) in [7, 11) is 0. The Kier molecular flexibility index (Phi) is 13.7. The molecule has 9 heteroatoms. The van der Waals surface area contributed by atoms with Crippen LogP contribution in [0.25, 0.3) is 0 Å². The predicted molar refractivity (Wildman–Crippen MR) is 218 cm³/mol. The summed E-state index contributed by atoms with van der Waals surface area (Å²) in [5.74, 6) is 8.06. The summed E-state index contributed by atoms with van der Waals surface area (Å²) < 4.78 is 9.61. The largest absolute Gasteiger partial charge is 0.462 e. The van der Waals surface area contributed by atoms with Crippen LogP contribution in [0.3, 0.4) is 0 Å². The Morgan fingerprint density at radius 1 is 0.636 bits per heavy atom. The van der Waals surface area contributed by atoms with Gasteiger partial charge in [0, 0.05) is 23.5 Å². The third-order valence-electron chi connectivity index (χ3n) is 10.5. The van der Waals surface area contributed by atoms with Gasteiger partial charge in [-0.2, -0.15) is 0 Å². The van der Waals surface area contributed by atoms with Gasteiger partial charge in [0.25, 0.3) is 0 Å². The van der Waals surface area contributed by atoms with E-state index in [-0.39, 0.29) is 32.6 Å². The molecule has 0 amide bonds. The molecule has 6 rings (SSSR count). The minimum atomic E-state index is -0.468. The smallest absolute Gasteiger partial charge is 0.358 e. The Balaban J connectivity index is 0.000000203. The molecule has 0 atom stereocenters. The second-order valence-electron chi connectivity index (χ2n) is 16.4. The van der Waals surface area contributed by atoms with Crippen molar-refractivity contribution in [3.63, 3.8) is 0 Å². The normalized spacial score (nSPS) is 16.3. The summed E-state index contributed by atoms with van der Waals surface area (Å²) >= 11 is 5.42. The van der Waals surface area contributed by atoms with Crippen molar-refractivity contribution in [1.82, 2.24) is 19.9 Å². The van der Waals surface area contributed by atoms with E-state index < -0.39 is 11.9 Å². The van der Waals surface area contributed by atoms with Crippen LogP contribution in [0, 0.1) is 24.2 Å². The van der Waals surface area contributed by atoms with Gasteiger partial charge in [0.1, 0.15) is 5.69 Å². The maximum atomic E-state index is 11.6. The molecule has 0 unspecified atom stereocenters. The zero-order chi connectivity index (χ0) is 40.6. The average molecular weight is 761 g/mol. The number of terminal acetylenes is 1. The summed E-state index contributed by atoms with van der Waals surface area (Å²) in [5, 5.41) is 0.114. The second-order valence-corrected chi connectivity index (χ2v) is 16.8. The molecule has 0 aliphatic heterocycles. The van der Waals surface area contributed by atoms with Gasteiger partial charge >= 0.3 is 11.9 Å². The van der Waals surface area contributed by atoms with Gasteiger partial charge in [0.15, 0.2) is 5.69 Å². The molecular weight excluding hydrogens is 708 g/mol. The lowest BCUT2D eigenvalue weighted by Gasteiger charge is -2.41. The number of hydrogen-bond acceptors (Lipinski definition) is 8. The highest BCUT2D eigenvalue weighted by Gasteiger charge is 2.38. The van der Waals surface area contributed by atoms with Crippen molar-refractivity contribution in [2.75, 3.05) is 13.2 Å². The van der Waals surface area contributed by atoms with E-state index in [1.807, 2.05) is 0 Å². The molecule has 8 nitrogen and oxygen atoms in total. The van der Waals surface area contributed by atoms with Crippen molar-refractivity contribution in [3.05, 3.63) is 117 Å². The van der Waals surface area contributed by atoms with Gasteiger partial charge in [-0.25, -0.2) is 29.5 Å². The first kappa shape index (κ1) is 42.7. The van der Waals surface area contributed by atoms with Crippen molar-refractivity contribution in [2.45, 2.75) is 117 Å². The molecule has 2 aliphatic carbocycles. The van der Waals surface area contributed by atoms with Gasteiger partial charge < -0.3 is 9.47 Å². The third-order valence-corrected chi connectivity index (χ3v) is 10.7. The quantitative estimate of drug-likeness (QED) is 0.115. The molecule has 288 valence electrons. The van der Waals surface area contributed by atoms with Gasteiger partial charge in [0.2, 0.25) is 5.28 Å². The summed E-state index contributed by atoms with van der Waals surface area (Å²) in [6.07, 6.45) is 15.9. The lowest BCUT2D eigenvalue weighted by molar-refractivity contribution is 0.0512. The molecule has 0 bridgehead atoms. The number of carbonyl (C=O) groups excluding carboxylic acids is 2. The number of halogens is 1. The van der Waals surface area contributed by atoms with Crippen LogP contribution in [0.15, 0.2) is 61.2 Å². The third kappa shape index (κ3) is 10.8. The minimum Gasteiger partial charge on any atom is -0.462 e. The van der Waals surface area contributed by atoms with E-state index in [0.29, 0.717) is 24.5 Å². The fraction of sp³-hybridized carbons (Fsp3) is 0.435. The van der Waals surface area contributed by atoms with E-state index in [1.54, 1.807) is 13.8 Å². The van der Waals surface area contributed by atoms with Gasteiger partial charge in [-0.3, -0.25) is 0 Å². The molecule has 0 spiro atoms. The van der Waals surface area contributed by atoms with Gasteiger partial charge in [-0.15, -0.1) is 6.42 Å². The number of aromatic nitrogens is 4. The molecule has 55 heavy (non-hydrogen) atoms. The molecule has 0 N–H and O–H groups in total. The molecule has 0 fully saturated rings. The SMILES string of the molecule is C#Cc1ccc2c(c1)C(C)(C)CCC2(C)C.CCOC(=O)c1cnc(C#Cc2ccc3c(c2)C(C)(C)CCC3(C)C)cn1.CCOC(=O)c1cnc(Cl)nc1. The Hall–Kier alpha value is -5.05. The molecular formula is C46H53ClN4O4. The van der Waals surface area contributed by atoms with Crippen molar-refractivity contribution < 1.29 is 19.1 Å². The Labute approximate surface area is 332 Å². The predicted octanol–water partition coefficient (Wildman–Crippen LogP) is 9.73. The number of ether oxygens (including phenoxy) is 2. The number of nitrogens with zero attached hydrogens (tertiary/aromatic N) is 4. The number of hydrogen-bond donors (Lipinski definition) is 0. The first-order valence-corrected chi connectivity index (χ1v) is 19.1. The van der Waals surface area contributed by atoms with Gasteiger partial charge in [0.05, 0.1) is 31.2 Å². The maximum absolute atomic E-state index is 11.6. The van der Waals surface area contributed by atoms with E-state index >= 15 is 0 Å². The zero-order valence-corrected chi connectivity index (χ0v) is 34.6. The Morgan fingerprint density at radius 3 is 1.58 bits per heavy atom. The highest BCUT2D eigenvalue weighted by Crippen LogP contribution is 2.47. The first-order valence-electron chi connectivity index (χ1n) is 18.8. The van der Waals surface area contributed by atoms with Crippen LogP contribution in [-0.2, 0) is 31.1 Å². The fourth-order valence-electron chi connectivity index (χ4n) is 6.82. The monoisotopic (exact) mass is 760 g/mol. The molecule has 0 radical (unpaired) electrons. The molecule has 0 saturated heterocycles. The number of rotatable bonds is 4. The Bertz CT molecular complexity index is 2100. The lowest BCUT2D eigenvalue weighted by Crippen LogP contribution is -2.33. The first-order chi connectivity index (χ1) is 25.8. The van der Waals surface area contributed by atoms with Gasteiger partial charge in [-0.1, -0.05) is 79.4 Å². The molecule has 2 aromatic carbocycles. The number of benzene rings is 2. The standard InChI is InChI=1S/C23H26N2O2.C16H20.C7H7ClN2O2/c1-6-27-21(26)20-15-24-17(14-25-20)9-7-16-8-10-18-19(13-16)23(4,5)12-11-22(18,2)3;1-6-12-7-8-13-14(11-12)16(4,5)10-9-15(13,2)3;1-2-12-6(11)5-3-9-7(8)10-4-5/h8,10,13-15H,6,11-12H2,1-5H3;1,7-8,11H,9-10H2,2-5H3;3-4H,2H2,1H3. The molecule has 0 saturated carbocycles. The van der Waals surface area contributed by atoms with E-state index in [0.717, 1.165) is 11.1 Å². The van der Waals surface area contributed by atoms with Crippen molar-refractivity contribution in [3.8, 4) is 24.2 Å². The average Bonchev–Trinajstić information content (AvgIpc) is 3.15. The molecule has 2 aliphatic rings. The van der Waals surface area contributed by atoms with E-state index in [1.165, 1.54) is 72.7 Å². The molecule has 4 aromatic rings. The van der Waals surface area contributed by atoms with Crippen LogP contribution in [0.1, 0.15) is 155 Å². The van der Waals surface area contributed by atoms with Gasteiger partial charge in [-0.05, 0) is 125 Å². The van der Waals surface area contributed by atoms with Crippen LogP contribution in [0.2, 0.25) is 5.28 Å². The Morgan fingerprint density at radius 2 is 1.11 bits per heavy atom. The van der Waals surface area contributed by atoms with Crippen molar-refractivity contribution >= 4 is 23.5 Å². The lowest BCUT2D eigenvalue weighted by atomic mass is 9.63. The fourth-order valence-corrected chi connectivity index (χ4v) is 6.91. The minimum absolute atomic E-state index is 0.114. The van der Waals surface area contributed by atoms with Crippen LogP contribution in [-0.4, -0.2) is 45.1 Å². The van der Waals surface area contributed by atoms with Crippen LogP contribution < -0.4 is 0 Å². The number of esters is 2. The summed E-state index contributed by atoms with van der Waals surface area (Å²) in [4.78, 5) is 38.2. The molecule has 2 heterocycles. The van der Waals surface area contributed by atoms with Crippen molar-refractivity contribution in [2.24, 2.45) is 0 Å². The second kappa shape index (κ2) is 17.6. The summed E-state index contributed by atoms with van der Waals surface area (Å²) in [6, 6.07) is 13.0. The highest BCUT2D eigenvalue weighted by molar-refractivity contribution is 6.28. The van der Waals surface area contributed by atoms with Crippen LogP contribution in [0.4, 0.5) is 0 Å². The number of fused-ring (bicyclic) bond motifs is 2. The van der Waals surface area contributed by atoms with Crippen LogP contribution >= 0.6 is 11.6 Å². The van der Waals surface area contributed by atoms with E-state index in [9.17, 15) is 9.59 Å². The molecule has 2 aromatic heterocycles. The maximum Gasteiger partial charge on any atom is 0.358 e. The van der Waals surface area contributed by atoms with E-state index in [2.05, 4.69) is 129 Å². The van der Waals surface area contributed by atoms with Crippen LogP contribution in [0.5, 0.6) is 0 Å². The zero-order valence-electron chi connectivity index (χ0n) is 33.9. The van der Waals surface area contributed by atoms with Crippen molar-refractivity contribution in [1.29, 1.82) is 0 Å². The topological polar surface area (TPSA) is 104 Å². The highest BCUT2D eigenvalue weighted by atomic mass is 35.5. The van der Waals surface area contributed by atoms with E-state index in [4.69, 9.17) is 27.5 Å². The summed E-state index contributed by atoms with van der Waals surface area (Å²) in [5.41, 5.74) is 9.63. The summed E-state index contributed by atoms with van der Waals surface area (Å²) in [6.45, 7) is 22.7. The number of carbonyl (C=O) groups is 2.